The number of aliphatic hydroxyl groups is 1. The molecule has 0 aromatic carbocycles. The second kappa shape index (κ2) is 5.73. The summed E-state index contributed by atoms with van der Waals surface area (Å²) in [6.45, 7) is 3.42. The number of hydrogen-bond donors (Lipinski definition) is 2. The molecule has 0 saturated carbocycles. The molecule has 0 fully saturated rings. The average Bonchev–Trinajstić information content (AvgIpc) is 2.36. The molecule has 0 aliphatic carbocycles. The summed E-state index contributed by atoms with van der Waals surface area (Å²) < 4.78 is 38.8. The number of halogens is 1. The minimum absolute atomic E-state index is 0.112. The molecule has 5 nitrogen and oxygen atoms in total. The van der Waals surface area contributed by atoms with Crippen LogP contribution in [0.25, 0.3) is 0 Å². The summed E-state index contributed by atoms with van der Waals surface area (Å²) in [5, 5.41) is 9.98. The van der Waals surface area contributed by atoms with Crippen LogP contribution in [-0.2, 0) is 10.0 Å². The van der Waals surface area contributed by atoms with Crippen molar-refractivity contribution < 1.29 is 17.9 Å². The Labute approximate surface area is 106 Å². The summed E-state index contributed by atoms with van der Waals surface area (Å²) in [6.07, 6.45) is 2.83. The molecular weight excluding hydrogens is 259 g/mol. The first-order valence-electron chi connectivity index (χ1n) is 5.65. The lowest BCUT2D eigenvalue weighted by Crippen LogP contribution is -2.42. The van der Waals surface area contributed by atoms with Crippen LogP contribution < -0.4 is 4.72 Å². The highest BCUT2D eigenvalue weighted by molar-refractivity contribution is 7.89. The third-order valence-corrected chi connectivity index (χ3v) is 4.27. The van der Waals surface area contributed by atoms with E-state index in [1.807, 2.05) is 0 Å². The molecule has 7 heteroatoms. The molecule has 1 aromatic heterocycles. The largest absolute Gasteiger partial charge is 0.389 e. The lowest BCUT2D eigenvalue weighted by atomic mass is 9.98. The van der Waals surface area contributed by atoms with Crippen molar-refractivity contribution in [2.45, 2.75) is 37.2 Å². The van der Waals surface area contributed by atoms with Gasteiger partial charge in [0.05, 0.1) is 11.8 Å². The number of pyridine rings is 1. The standard InChI is InChI=1S/C11H17FN2O3S/c1-3-11(15,4-2)8-14-18(16,17)10-5-9(12)6-13-7-10/h5-7,14-15H,3-4,8H2,1-2H3. The average molecular weight is 276 g/mol. The number of nitrogens with one attached hydrogen (secondary N) is 1. The maximum atomic E-state index is 12.9. The number of aromatic nitrogens is 1. The van der Waals surface area contributed by atoms with Gasteiger partial charge >= 0.3 is 0 Å². The Morgan fingerprint density at radius 2 is 2.00 bits per heavy atom. The molecule has 2 N–H and O–H groups in total. The van der Waals surface area contributed by atoms with Crippen molar-refractivity contribution in [3.63, 3.8) is 0 Å². The third kappa shape index (κ3) is 3.72. The minimum Gasteiger partial charge on any atom is -0.389 e. The van der Waals surface area contributed by atoms with Gasteiger partial charge in [0.25, 0.3) is 0 Å². The molecule has 0 saturated heterocycles. The molecule has 0 unspecified atom stereocenters. The highest BCUT2D eigenvalue weighted by Gasteiger charge is 2.25. The predicted octanol–water partition coefficient (Wildman–Crippen LogP) is 1.05. The summed E-state index contributed by atoms with van der Waals surface area (Å²) in [6, 6.07) is 0.881. The Hall–Kier alpha value is -1.05. The van der Waals surface area contributed by atoms with Gasteiger partial charge in [-0.3, -0.25) is 4.98 Å². The molecule has 0 aliphatic heterocycles. The van der Waals surface area contributed by atoms with Gasteiger partial charge in [-0.25, -0.2) is 17.5 Å². The van der Waals surface area contributed by atoms with Gasteiger partial charge in [-0.15, -0.1) is 0 Å². The molecule has 0 amide bonds. The molecule has 1 aromatic rings. The molecule has 0 aliphatic rings. The topological polar surface area (TPSA) is 79.3 Å². The fraction of sp³-hybridized carbons (Fsp3) is 0.545. The minimum atomic E-state index is -3.85. The van der Waals surface area contributed by atoms with Crippen molar-refractivity contribution in [3.05, 3.63) is 24.3 Å². The van der Waals surface area contributed by atoms with Gasteiger partial charge in [-0.05, 0) is 18.9 Å². The van der Waals surface area contributed by atoms with Crippen molar-refractivity contribution in [3.8, 4) is 0 Å². The summed E-state index contributed by atoms with van der Waals surface area (Å²) in [4.78, 5) is 3.23. The quantitative estimate of drug-likeness (QED) is 0.814. The molecule has 0 spiro atoms. The first-order chi connectivity index (χ1) is 8.33. The maximum Gasteiger partial charge on any atom is 0.242 e. The van der Waals surface area contributed by atoms with E-state index in [9.17, 15) is 17.9 Å². The predicted molar refractivity (Wildman–Crippen MR) is 64.9 cm³/mol. The van der Waals surface area contributed by atoms with E-state index in [1.54, 1.807) is 13.8 Å². The van der Waals surface area contributed by atoms with E-state index < -0.39 is 21.4 Å². The van der Waals surface area contributed by atoms with Gasteiger partial charge < -0.3 is 5.11 Å². The van der Waals surface area contributed by atoms with Crippen LogP contribution in [-0.4, -0.2) is 30.7 Å². The molecule has 1 heterocycles. The highest BCUT2D eigenvalue weighted by Crippen LogP contribution is 2.15. The van der Waals surface area contributed by atoms with Gasteiger partial charge in [0.2, 0.25) is 10.0 Å². The Morgan fingerprint density at radius 3 is 2.50 bits per heavy atom. The SMILES string of the molecule is CCC(O)(CC)CNS(=O)(=O)c1cncc(F)c1. The highest BCUT2D eigenvalue weighted by atomic mass is 32.2. The number of hydrogen-bond acceptors (Lipinski definition) is 4. The monoisotopic (exact) mass is 276 g/mol. The van der Waals surface area contributed by atoms with Gasteiger partial charge in [0.1, 0.15) is 10.7 Å². The second-order valence-corrected chi connectivity index (χ2v) is 5.86. The zero-order valence-corrected chi connectivity index (χ0v) is 11.2. The summed E-state index contributed by atoms with van der Waals surface area (Å²) in [5.41, 5.74) is -1.09. The van der Waals surface area contributed by atoms with Crippen LogP contribution in [0.3, 0.4) is 0 Å². The molecule has 1 rings (SSSR count). The first-order valence-corrected chi connectivity index (χ1v) is 7.14. The summed E-state index contributed by atoms with van der Waals surface area (Å²) in [7, 11) is -3.85. The van der Waals surface area contributed by atoms with Gasteiger partial charge in [0, 0.05) is 12.7 Å². The van der Waals surface area contributed by atoms with E-state index in [4.69, 9.17) is 0 Å². The van der Waals surface area contributed by atoms with Crippen molar-refractivity contribution in [2.75, 3.05) is 6.54 Å². The molecule has 0 atom stereocenters. The van der Waals surface area contributed by atoms with Crippen molar-refractivity contribution >= 4 is 10.0 Å². The fourth-order valence-corrected chi connectivity index (χ4v) is 2.44. The lowest BCUT2D eigenvalue weighted by molar-refractivity contribution is 0.0377. The van der Waals surface area contributed by atoms with E-state index in [0.717, 1.165) is 18.5 Å². The van der Waals surface area contributed by atoms with E-state index >= 15 is 0 Å². The molecule has 0 radical (unpaired) electrons. The zero-order chi connectivity index (χ0) is 13.8. The van der Waals surface area contributed by atoms with Crippen LogP contribution >= 0.6 is 0 Å². The van der Waals surface area contributed by atoms with Crippen LogP contribution in [0, 0.1) is 5.82 Å². The number of sulfonamides is 1. The molecule has 18 heavy (non-hydrogen) atoms. The maximum absolute atomic E-state index is 12.9. The van der Waals surface area contributed by atoms with E-state index in [1.165, 1.54) is 0 Å². The van der Waals surface area contributed by atoms with Gasteiger partial charge in [-0.2, -0.15) is 0 Å². The molecule has 0 bridgehead atoms. The molecular formula is C11H17FN2O3S. The van der Waals surface area contributed by atoms with Crippen LogP contribution in [0.1, 0.15) is 26.7 Å². The second-order valence-electron chi connectivity index (χ2n) is 4.09. The van der Waals surface area contributed by atoms with E-state index in [0.29, 0.717) is 12.8 Å². The Balaban J connectivity index is 2.84. The van der Waals surface area contributed by atoms with Crippen LogP contribution in [0.15, 0.2) is 23.4 Å². The fourth-order valence-electron chi connectivity index (χ4n) is 1.35. The Kier molecular flexibility index (Phi) is 4.78. The lowest BCUT2D eigenvalue weighted by Gasteiger charge is -2.25. The first kappa shape index (κ1) is 15.0. The summed E-state index contributed by atoms with van der Waals surface area (Å²) >= 11 is 0. The third-order valence-electron chi connectivity index (χ3n) is 2.90. The number of rotatable bonds is 6. The summed E-state index contributed by atoms with van der Waals surface area (Å²) in [5.74, 6) is -0.723. The van der Waals surface area contributed by atoms with Gasteiger partial charge in [-0.1, -0.05) is 13.8 Å². The van der Waals surface area contributed by atoms with Crippen molar-refractivity contribution in [1.82, 2.24) is 9.71 Å². The number of nitrogens with zero attached hydrogens (tertiary/aromatic N) is 1. The Morgan fingerprint density at radius 1 is 1.39 bits per heavy atom. The van der Waals surface area contributed by atoms with Crippen molar-refractivity contribution in [1.29, 1.82) is 0 Å². The van der Waals surface area contributed by atoms with Crippen molar-refractivity contribution in [2.24, 2.45) is 0 Å². The van der Waals surface area contributed by atoms with E-state index in [2.05, 4.69) is 9.71 Å². The van der Waals surface area contributed by atoms with Crippen LogP contribution in [0.2, 0.25) is 0 Å². The zero-order valence-electron chi connectivity index (χ0n) is 10.4. The smallest absolute Gasteiger partial charge is 0.242 e. The Bertz CT molecular complexity index is 501. The van der Waals surface area contributed by atoms with Gasteiger partial charge in [0.15, 0.2) is 0 Å². The normalized spacial score (nSPS) is 12.7. The van der Waals surface area contributed by atoms with Crippen LogP contribution in [0.5, 0.6) is 0 Å². The van der Waals surface area contributed by atoms with Crippen LogP contribution in [0.4, 0.5) is 4.39 Å². The van der Waals surface area contributed by atoms with E-state index in [-0.39, 0.29) is 11.4 Å². The molecule has 102 valence electrons.